The molecule has 0 spiro atoms. The van der Waals surface area contributed by atoms with Gasteiger partial charge < -0.3 is 14.8 Å². The topological polar surface area (TPSA) is 63.2 Å². The van der Waals surface area contributed by atoms with Gasteiger partial charge in [-0.3, -0.25) is 4.79 Å². The summed E-state index contributed by atoms with van der Waals surface area (Å²) < 4.78 is 26.5. The zero-order valence-corrected chi connectivity index (χ0v) is 17.3. The number of anilines is 1. The molecule has 3 aromatic rings. The number of rotatable bonds is 6. The highest BCUT2D eigenvalue weighted by Gasteiger charge is 2.43. The van der Waals surface area contributed by atoms with Crippen LogP contribution in [0.25, 0.3) is 0 Å². The van der Waals surface area contributed by atoms with Crippen molar-refractivity contribution >= 4 is 35.5 Å². The van der Waals surface area contributed by atoms with E-state index in [-0.39, 0.29) is 12.4 Å². The Morgan fingerprint density at radius 3 is 2.68 bits per heavy atom. The molecule has 1 aliphatic heterocycles. The maximum atomic E-state index is 13.7. The van der Waals surface area contributed by atoms with Crippen molar-refractivity contribution in [3.05, 3.63) is 89.7 Å². The third-order valence-electron chi connectivity index (χ3n) is 4.62. The van der Waals surface area contributed by atoms with Gasteiger partial charge in [-0.25, -0.2) is 13.8 Å². The van der Waals surface area contributed by atoms with Gasteiger partial charge >= 0.3 is 5.97 Å². The van der Waals surface area contributed by atoms with Crippen LogP contribution in [0.5, 0.6) is 5.75 Å². The van der Waals surface area contributed by atoms with Crippen LogP contribution in [0, 0.1) is 5.82 Å². The summed E-state index contributed by atoms with van der Waals surface area (Å²) in [5.41, 5.74) is 2.46. The van der Waals surface area contributed by atoms with Crippen molar-refractivity contribution in [3.63, 3.8) is 0 Å². The number of nitrogens with one attached hydrogen (secondary N) is 1. The molecule has 0 aliphatic carbocycles. The lowest BCUT2D eigenvalue weighted by molar-refractivity contribution is -0.131. The molecule has 1 atom stereocenters. The highest BCUT2D eigenvalue weighted by molar-refractivity contribution is 6.20. The van der Waals surface area contributed by atoms with Gasteiger partial charge in [-0.05, 0) is 48.0 Å². The summed E-state index contributed by atoms with van der Waals surface area (Å²) in [6, 6.07) is 20.5. The molecule has 0 amide bonds. The van der Waals surface area contributed by atoms with Crippen molar-refractivity contribution in [2.45, 2.75) is 19.4 Å². The van der Waals surface area contributed by atoms with Crippen LogP contribution in [0.3, 0.4) is 0 Å². The third kappa shape index (κ3) is 4.52. The minimum absolute atomic E-state index is 0.0475. The standard InChI is InChI=1S/C23H19ClFN3O3/c1-16(29)31-20-10-11-22-21(13-20)23(28(24)15-26-22,27-19-8-3-2-4-9-19)30-14-17-6-5-7-18(25)12-17/h2-13,15,27H,14H2,1H3. The van der Waals surface area contributed by atoms with Crippen LogP contribution < -0.4 is 10.1 Å². The van der Waals surface area contributed by atoms with Crippen LogP contribution in [-0.2, 0) is 22.0 Å². The molecular weight excluding hydrogens is 421 g/mol. The molecule has 8 heteroatoms. The first-order chi connectivity index (χ1) is 15.0. The van der Waals surface area contributed by atoms with Crippen molar-refractivity contribution < 1.29 is 18.7 Å². The van der Waals surface area contributed by atoms with Crippen molar-refractivity contribution in [2.75, 3.05) is 5.32 Å². The van der Waals surface area contributed by atoms with Crippen LogP contribution in [-0.4, -0.2) is 16.7 Å². The fourth-order valence-electron chi connectivity index (χ4n) is 3.27. The monoisotopic (exact) mass is 439 g/mol. The molecule has 6 nitrogen and oxygen atoms in total. The summed E-state index contributed by atoms with van der Waals surface area (Å²) >= 11 is 6.59. The molecule has 1 N–H and O–H groups in total. The van der Waals surface area contributed by atoms with Gasteiger partial charge in [-0.15, -0.1) is 0 Å². The van der Waals surface area contributed by atoms with Gasteiger partial charge in [0.1, 0.15) is 17.9 Å². The maximum Gasteiger partial charge on any atom is 0.308 e. The second kappa shape index (κ2) is 8.75. The maximum absolute atomic E-state index is 13.7. The van der Waals surface area contributed by atoms with Gasteiger partial charge in [0.2, 0.25) is 0 Å². The molecule has 31 heavy (non-hydrogen) atoms. The Balaban J connectivity index is 1.79. The smallest absolute Gasteiger partial charge is 0.308 e. The van der Waals surface area contributed by atoms with Gasteiger partial charge in [-0.2, -0.15) is 0 Å². The molecule has 0 saturated carbocycles. The molecule has 4 rings (SSSR count). The Morgan fingerprint density at radius 2 is 1.94 bits per heavy atom. The number of carbonyl (C=O) groups excluding carboxylic acids is 1. The summed E-state index contributed by atoms with van der Waals surface area (Å²) in [4.78, 5) is 15.8. The molecule has 1 unspecified atom stereocenters. The predicted octanol–water partition coefficient (Wildman–Crippen LogP) is 5.32. The molecule has 0 aromatic heterocycles. The number of benzene rings is 3. The van der Waals surface area contributed by atoms with Gasteiger partial charge in [0.15, 0.2) is 0 Å². The molecule has 1 aliphatic rings. The Morgan fingerprint density at radius 1 is 1.13 bits per heavy atom. The molecule has 0 radical (unpaired) electrons. The number of esters is 1. The van der Waals surface area contributed by atoms with Crippen molar-refractivity contribution in [1.29, 1.82) is 0 Å². The fraction of sp³-hybridized carbons (Fsp3) is 0.130. The first-order valence-corrected chi connectivity index (χ1v) is 9.84. The number of aliphatic imine (C=N–C) groups is 1. The van der Waals surface area contributed by atoms with Crippen LogP contribution in [0.2, 0.25) is 0 Å². The average Bonchev–Trinajstić information content (AvgIpc) is 2.75. The Hall–Kier alpha value is -3.42. The van der Waals surface area contributed by atoms with E-state index in [0.29, 0.717) is 22.6 Å². The van der Waals surface area contributed by atoms with Crippen LogP contribution >= 0.6 is 11.8 Å². The summed E-state index contributed by atoms with van der Waals surface area (Å²) in [7, 11) is 0. The first-order valence-electron chi connectivity index (χ1n) is 9.50. The van der Waals surface area contributed by atoms with E-state index in [0.717, 1.165) is 5.69 Å². The Labute approximate surface area is 184 Å². The second-order valence-corrected chi connectivity index (χ2v) is 7.25. The number of para-hydroxylation sites is 1. The zero-order valence-electron chi connectivity index (χ0n) is 16.6. The van der Waals surface area contributed by atoms with Gasteiger partial charge in [0, 0.05) is 24.4 Å². The van der Waals surface area contributed by atoms with E-state index in [1.54, 1.807) is 30.3 Å². The number of hydrogen-bond donors (Lipinski definition) is 1. The predicted molar refractivity (Wildman–Crippen MR) is 117 cm³/mol. The average molecular weight is 440 g/mol. The van der Waals surface area contributed by atoms with E-state index in [1.165, 1.54) is 29.8 Å². The van der Waals surface area contributed by atoms with Crippen LogP contribution in [0.15, 0.2) is 77.8 Å². The summed E-state index contributed by atoms with van der Waals surface area (Å²) in [5, 5.41) is 3.31. The van der Waals surface area contributed by atoms with E-state index in [4.69, 9.17) is 21.3 Å². The lowest BCUT2D eigenvalue weighted by atomic mass is 10.0. The van der Waals surface area contributed by atoms with Gasteiger partial charge in [0.05, 0.1) is 17.9 Å². The van der Waals surface area contributed by atoms with Crippen molar-refractivity contribution in [1.82, 2.24) is 4.42 Å². The quantitative estimate of drug-likeness (QED) is 0.244. The number of halogens is 2. The minimum Gasteiger partial charge on any atom is -0.427 e. The van der Waals surface area contributed by atoms with Crippen molar-refractivity contribution in [3.8, 4) is 5.75 Å². The van der Waals surface area contributed by atoms with E-state index in [9.17, 15) is 9.18 Å². The van der Waals surface area contributed by atoms with E-state index in [2.05, 4.69) is 10.3 Å². The first kappa shape index (κ1) is 20.8. The molecule has 0 bridgehead atoms. The molecule has 0 saturated heterocycles. The Kier molecular flexibility index (Phi) is 5.88. The number of fused-ring (bicyclic) bond motifs is 1. The second-order valence-electron chi connectivity index (χ2n) is 6.88. The fourth-order valence-corrected chi connectivity index (χ4v) is 3.49. The molecule has 158 valence electrons. The number of carbonyl (C=O) groups is 1. The highest BCUT2D eigenvalue weighted by Crippen LogP contribution is 2.43. The summed E-state index contributed by atoms with van der Waals surface area (Å²) in [5.74, 6) is -1.91. The van der Waals surface area contributed by atoms with E-state index in [1.807, 2.05) is 30.3 Å². The summed E-state index contributed by atoms with van der Waals surface area (Å²) in [6.45, 7) is 1.37. The van der Waals surface area contributed by atoms with Crippen LogP contribution in [0.1, 0.15) is 18.1 Å². The van der Waals surface area contributed by atoms with Gasteiger partial charge in [0.25, 0.3) is 5.85 Å². The highest BCUT2D eigenvalue weighted by atomic mass is 35.5. The lowest BCUT2D eigenvalue weighted by Gasteiger charge is -2.42. The number of nitrogens with zero attached hydrogens (tertiary/aromatic N) is 2. The summed E-state index contributed by atoms with van der Waals surface area (Å²) in [6.07, 6.45) is 1.43. The van der Waals surface area contributed by atoms with Crippen molar-refractivity contribution in [2.24, 2.45) is 4.99 Å². The van der Waals surface area contributed by atoms with Gasteiger partial charge in [-0.1, -0.05) is 30.3 Å². The van der Waals surface area contributed by atoms with E-state index < -0.39 is 11.8 Å². The number of ether oxygens (including phenoxy) is 2. The number of hydrogen-bond acceptors (Lipinski definition) is 6. The van der Waals surface area contributed by atoms with Crippen LogP contribution in [0.4, 0.5) is 15.8 Å². The molecular formula is C23H19ClFN3O3. The zero-order chi connectivity index (χ0) is 21.8. The SMILES string of the molecule is CC(=O)Oc1ccc2c(c1)C(Nc1ccccc1)(OCc1cccc(F)c1)N(Cl)C=N2. The third-order valence-corrected chi connectivity index (χ3v) is 4.94. The lowest BCUT2D eigenvalue weighted by Crippen LogP contribution is -2.50. The molecule has 3 aromatic carbocycles. The minimum atomic E-state index is -1.41. The largest absolute Gasteiger partial charge is 0.427 e. The molecule has 0 fully saturated rings. The van der Waals surface area contributed by atoms with E-state index >= 15 is 0 Å². The Bertz CT molecular complexity index is 1130. The molecule has 1 heterocycles. The normalized spacial score (nSPS) is 17.2.